The maximum Gasteiger partial charge on any atom is 4.00 e. The van der Waals surface area contributed by atoms with E-state index >= 15 is 0 Å². The third kappa shape index (κ3) is 45.9. The fourth-order valence-electron chi connectivity index (χ4n) is 0. The smallest absolute Gasteiger partial charge is 0.411 e. The van der Waals surface area contributed by atoms with E-state index in [-0.39, 0.29) is 27.3 Å². The van der Waals surface area contributed by atoms with Crippen molar-refractivity contribution in [2.45, 2.75) is 0 Å². The van der Waals surface area contributed by atoms with Gasteiger partial charge in [0.1, 0.15) is 0 Å². The Morgan fingerprint density at radius 3 is 0.480 bits per heavy atom. The van der Waals surface area contributed by atoms with Gasteiger partial charge in [-0.2, -0.15) is 0 Å². The molecule has 13 heteroatoms. The van der Waals surface area contributed by atoms with Gasteiger partial charge < -0.3 is 119 Å². The molecule has 0 aliphatic rings. The fraction of sp³-hybridized carbons (Fsp3) is 0.667. The van der Waals surface area contributed by atoms with Gasteiger partial charge in [0.2, 0.25) is 0 Å². The zero-order valence-corrected chi connectivity index (χ0v) is 26.0. The average molecular weight is 688 g/mol. The molecule has 0 saturated heterocycles. The van der Waals surface area contributed by atoms with E-state index in [1.165, 1.54) is 0 Å². The molecular formula is C12H24N4PbS8. The molecule has 144 valence electrons. The van der Waals surface area contributed by atoms with Crippen molar-refractivity contribution in [2.75, 3.05) is 56.4 Å². The molecule has 0 heterocycles. The van der Waals surface area contributed by atoms with E-state index in [0.29, 0.717) is 17.3 Å². The maximum absolute atomic E-state index is 4.56. The second-order valence-electron chi connectivity index (χ2n) is 4.64. The number of hydrogen-bond acceptors (Lipinski definition) is 8. The van der Waals surface area contributed by atoms with Crippen molar-refractivity contribution in [1.82, 2.24) is 19.6 Å². The molecule has 0 aliphatic heterocycles. The van der Waals surface area contributed by atoms with Gasteiger partial charge in [-0.15, -0.1) is 0 Å². The summed E-state index contributed by atoms with van der Waals surface area (Å²) in [6.07, 6.45) is 0. The molecule has 0 aromatic heterocycles. The standard InChI is InChI=1S/4C3H7NS2.Pb/c4*1-4(2)3(5)6;/h4*1-2H3,(H,5,6);/q;;;;+4/p-4. The average Bonchev–Trinajstić information content (AvgIpc) is 2.40. The minimum Gasteiger partial charge on any atom is -0.411 e. The fourth-order valence-corrected chi connectivity index (χ4v) is 0. The van der Waals surface area contributed by atoms with Gasteiger partial charge in [0.25, 0.3) is 0 Å². The molecule has 0 spiro atoms. The van der Waals surface area contributed by atoms with E-state index in [1.807, 2.05) is 56.4 Å². The van der Waals surface area contributed by atoms with E-state index < -0.39 is 0 Å². The molecule has 0 atom stereocenters. The third-order valence-electron chi connectivity index (χ3n) is 1.46. The minimum atomic E-state index is 0. The molecule has 0 fully saturated rings. The molecule has 0 amide bonds. The summed E-state index contributed by atoms with van der Waals surface area (Å²) in [5.41, 5.74) is 0. The Labute approximate surface area is 217 Å². The number of thiocarbonyl (C=S) groups is 4. The topological polar surface area (TPSA) is 13.0 Å². The van der Waals surface area contributed by atoms with Crippen LogP contribution in [0.15, 0.2) is 0 Å². The monoisotopic (exact) mass is 688 g/mol. The summed E-state index contributed by atoms with van der Waals surface area (Å²) in [5.74, 6) is 0. The quantitative estimate of drug-likeness (QED) is 0.206. The SMILES string of the molecule is CN(C)C(=S)[S-].CN(C)C(=S)[S-].CN(C)C(=S)[S-].CN(C)C(=S)[S-].[Pb+4]. The Hall–Kier alpha value is 1.36. The van der Waals surface area contributed by atoms with Crippen molar-refractivity contribution in [2.24, 2.45) is 0 Å². The van der Waals surface area contributed by atoms with Crippen molar-refractivity contribution in [3.8, 4) is 0 Å². The summed E-state index contributed by atoms with van der Waals surface area (Å²) in [4.78, 5) is 6.85. The summed E-state index contributed by atoms with van der Waals surface area (Å²) in [6, 6.07) is 0. The van der Waals surface area contributed by atoms with Crippen molar-refractivity contribution in [3.63, 3.8) is 0 Å². The summed E-state index contributed by atoms with van der Waals surface area (Å²) in [7, 11) is 14.6. The van der Waals surface area contributed by atoms with Gasteiger partial charge in [-0.1, -0.05) is 17.3 Å². The molecule has 0 rings (SSSR count). The predicted octanol–water partition coefficient (Wildman–Crippen LogP) is 1.14. The van der Waals surface area contributed by atoms with E-state index in [4.69, 9.17) is 0 Å². The molecule has 0 aromatic carbocycles. The zero-order chi connectivity index (χ0) is 20.6. The molecule has 0 aromatic rings. The number of hydrogen-bond donors (Lipinski definition) is 0. The molecule has 0 radical (unpaired) electrons. The van der Waals surface area contributed by atoms with Gasteiger partial charge in [-0.05, 0) is 0 Å². The normalized spacial score (nSPS) is 7.36. The molecule has 0 N–H and O–H groups in total. The van der Waals surface area contributed by atoms with Gasteiger partial charge in [0.15, 0.2) is 0 Å². The van der Waals surface area contributed by atoms with Crippen molar-refractivity contribution >= 4 is 144 Å². The first kappa shape index (κ1) is 37.2. The molecule has 25 heavy (non-hydrogen) atoms. The van der Waals surface area contributed by atoms with E-state index in [0.717, 1.165) is 0 Å². The minimum absolute atomic E-state index is 0. The first-order chi connectivity index (χ1) is 10.6. The number of nitrogens with zero attached hydrogens (tertiary/aromatic N) is 4. The largest absolute Gasteiger partial charge is 4.00 e. The molecule has 0 saturated carbocycles. The van der Waals surface area contributed by atoms with Crippen LogP contribution in [0.2, 0.25) is 0 Å². The maximum atomic E-state index is 4.56. The second kappa shape index (κ2) is 23.4. The Bertz CT molecular complexity index is 317. The summed E-state index contributed by atoms with van der Waals surface area (Å²) < 4.78 is 2.04. The van der Waals surface area contributed by atoms with Crippen molar-refractivity contribution < 1.29 is 0 Å². The van der Waals surface area contributed by atoms with Crippen LogP contribution in [-0.4, -0.2) is 121 Å². The zero-order valence-electron chi connectivity index (χ0n) is 15.6. The van der Waals surface area contributed by atoms with Crippen LogP contribution in [0.25, 0.3) is 0 Å². The van der Waals surface area contributed by atoms with Gasteiger partial charge in [-0.25, -0.2) is 0 Å². The van der Waals surface area contributed by atoms with E-state index in [2.05, 4.69) is 99.4 Å². The van der Waals surface area contributed by atoms with Crippen LogP contribution in [0.5, 0.6) is 0 Å². The van der Waals surface area contributed by atoms with Gasteiger partial charge in [0.05, 0.1) is 0 Å². The van der Waals surface area contributed by atoms with Crippen LogP contribution in [0.4, 0.5) is 0 Å². The first-order valence-electron chi connectivity index (χ1n) is 6.11. The van der Waals surface area contributed by atoms with E-state index in [1.54, 1.807) is 19.6 Å². The van der Waals surface area contributed by atoms with Crippen LogP contribution in [0, 0.1) is 0 Å². The number of rotatable bonds is 0. The van der Waals surface area contributed by atoms with E-state index in [9.17, 15) is 0 Å². The molecule has 0 bridgehead atoms. The van der Waals surface area contributed by atoms with Gasteiger partial charge in [0, 0.05) is 56.4 Å². The van der Waals surface area contributed by atoms with Crippen LogP contribution in [0.1, 0.15) is 0 Å². The third-order valence-corrected chi connectivity index (χ3v) is 4.38. The molecular weight excluding hydrogens is 664 g/mol. The molecule has 4 nitrogen and oxygen atoms in total. The Morgan fingerprint density at radius 1 is 0.440 bits per heavy atom. The Kier molecular flexibility index (Phi) is 34.8. The molecule has 0 unspecified atom stereocenters. The van der Waals surface area contributed by atoms with Crippen molar-refractivity contribution in [3.05, 3.63) is 0 Å². The van der Waals surface area contributed by atoms with Crippen LogP contribution in [-0.2, 0) is 50.5 Å². The van der Waals surface area contributed by atoms with Crippen LogP contribution in [0.3, 0.4) is 0 Å². The van der Waals surface area contributed by atoms with Crippen molar-refractivity contribution in [1.29, 1.82) is 0 Å². The summed E-state index contributed by atoms with van der Waals surface area (Å²) >= 11 is 36.5. The summed E-state index contributed by atoms with van der Waals surface area (Å²) in [6.45, 7) is 0. The second-order valence-corrected chi connectivity index (χ2v) is 8.77. The summed E-state index contributed by atoms with van der Waals surface area (Å²) in [5, 5.41) is 0. The molecule has 0 aliphatic carbocycles. The first-order valence-corrected chi connectivity index (χ1v) is 9.37. The van der Waals surface area contributed by atoms with Crippen LogP contribution < -0.4 is 0 Å². The Morgan fingerprint density at radius 2 is 0.480 bits per heavy atom. The van der Waals surface area contributed by atoms with Gasteiger partial charge >= 0.3 is 27.3 Å². The Balaban J connectivity index is -0.0000000702. The van der Waals surface area contributed by atoms with Gasteiger partial charge in [-0.3, -0.25) is 0 Å². The van der Waals surface area contributed by atoms with Crippen LogP contribution >= 0.6 is 48.9 Å². The predicted molar refractivity (Wildman–Crippen MR) is 140 cm³/mol.